The van der Waals surface area contributed by atoms with Gasteiger partial charge in [0.1, 0.15) is 5.69 Å². The molecule has 1 amide bonds. The number of hydrogen-bond donors (Lipinski definition) is 0. The predicted octanol–water partition coefficient (Wildman–Crippen LogP) is 3.89. The number of para-hydroxylation sites is 1. The molecule has 1 fully saturated rings. The molecule has 0 aliphatic carbocycles. The zero-order valence-electron chi connectivity index (χ0n) is 18.8. The second-order valence-electron chi connectivity index (χ2n) is 8.00. The molecule has 0 unspecified atom stereocenters. The third kappa shape index (κ3) is 5.26. The summed E-state index contributed by atoms with van der Waals surface area (Å²) < 4.78 is 27.6. The van der Waals surface area contributed by atoms with Crippen LogP contribution in [0.2, 0.25) is 0 Å². The van der Waals surface area contributed by atoms with Crippen molar-refractivity contribution in [3.8, 4) is 16.3 Å². The predicted molar refractivity (Wildman–Crippen MR) is 133 cm³/mol. The molecule has 9 heteroatoms. The molecule has 4 rings (SSSR count). The summed E-state index contributed by atoms with van der Waals surface area (Å²) in [6.45, 7) is 2.73. The smallest absolute Gasteiger partial charge is 0.246 e. The Bertz CT molecular complexity index is 1210. The van der Waals surface area contributed by atoms with Gasteiger partial charge in [0.25, 0.3) is 0 Å². The number of hydrogen-bond acceptors (Lipinski definition) is 5. The van der Waals surface area contributed by atoms with E-state index in [2.05, 4.69) is 0 Å². The van der Waals surface area contributed by atoms with E-state index in [0.717, 1.165) is 21.8 Å². The first kappa shape index (κ1) is 23.4. The van der Waals surface area contributed by atoms with Crippen molar-refractivity contribution in [2.24, 2.45) is 0 Å². The third-order valence-corrected chi connectivity index (χ3v) is 8.80. The Morgan fingerprint density at radius 2 is 1.91 bits per heavy atom. The van der Waals surface area contributed by atoms with Crippen LogP contribution in [-0.4, -0.2) is 65.2 Å². The number of sulfonamides is 1. The van der Waals surface area contributed by atoms with E-state index in [4.69, 9.17) is 5.10 Å². The highest BCUT2D eigenvalue weighted by atomic mass is 32.2. The zero-order valence-corrected chi connectivity index (χ0v) is 20.4. The summed E-state index contributed by atoms with van der Waals surface area (Å²) in [5.41, 5.74) is 2.66. The number of likely N-dealkylation sites (tertiary alicyclic amines) is 1. The van der Waals surface area contributed by atoms with E-state index in [1.54, 1.807) is 36.3 Å². The number of benzene rings is 1. The van der Waals surface area contributed by atoms with Crippen molar-refractivity contribution in [3.63, 3.8) is 0 Å². The Morgan fingerprint density at radius 3 is 2.55 bits per heavy atom. The highest BCUT2D eigenvalue weighted by Gasteiger charge is 2.29. The van der Waals surface area contributed by atoms with E-state index in [-0.39, 0.29) is 17.7 Å². The van der Waals surface area contributed by atoms with Gasteiger partial charge >= 0.3 is 0 Å². The Hall–Kier alpha value is -2.75. The van der Waals surface area contributed by atoms with Crippen molar-refractivity contribution in [2.45, 2.75) is 25.8 Å². The van der Waals surface area contributed by atoms with Gasteiger partial charge in [-0.1, -0.05) is 24.3 Å². The lowest BCUT2D eigenvalue weighted by Crippen LogP contribution is -2.47. The average Bonchev–Trinajstić information content (AvgIpc) is 3.53. The fourth-order valence-electron chi connectivity index (χ4n) is 3.97. The highest BCUT2D eigenvalue weighted by molar-refractivity contribution is 7.89. The molecule has 0 radical (unpaired) electrons. The lowest BCUT2D eigenvalue weighted by Gasteiger charge is -2.35. The molecular formula is C24H28N4O3S2. The first-order valence-corrected chi connectivity index (χ1v) is 13.5. The fourth-order valence-corrected chi connectivity index (χ4v) is 5.78. The number of rotatable bonds is 7. The van der Waals surface area contributed by atoms with Gasteiger partial charge < -0.3 is 4.90 Å². The fraction of sp³-hybridized carbons (Fsp3) is 0.333. The second kappa shape index (κ2) is 10.0. The van der Waals surface area contributed by atoms with Gasteiger partial charge in [-0.25, -0.2) is 17.4 Å². The molecule has 0 N–H and O–H groups in total. The topological polar surface area (TPSA) is 75.5 Å². The molecule has 2 aromatic heterocycles. The largest absolute Gasteiger partial charge is 0.339 e. The van der Waals surface area contributed by atoms with Crippen LogP contribution in [0.25, 0.3) is 22.3 Å². The highest BCUT2D eigenvalue weighted by Crippen LogP contribution is 2.29. The van der Waals surface area contributed by atoms with Gasteiger partial charge in [0.15, 0.2) is 0 Å². The summed E-state index contributed by atoms with van der Waals surface area (Å²) in [7, 11) is -1.58. The summed E-state index contributed by atoms with van der Waals surface area (Å²) in [6.07, 6.45) is 6.63. The number of amides is 1. The van der Waals surface area contributed by atoms with Crippen LogP contribution in [0.1, 0.15) is 25.3 Å². The van der Waals surface area contributed by atoms with Crippen molar-refractivity contribution >= 4 is 33.3 Å². The van der Waals surface area contributed by atoms with E-state index in [1.807, 2.05) is 64.8 Å². The van der Waals surface area contributed by atoms with Crippen LogP contribution >= 0.6 is 11.3 Å². The average molecular weight is 485 g/mol. The molecular weight excluding hydrogens is 456 g/mol. The number of aromatic nitrogens is 2. The maximum Gasteiger partial charge on any atom is 0.246 e. The second-order valence-corrected chi connectivity index (χ2v) is 11.3. The van der Waals surface area contributed by atoms with Crippen LogP contribution in [-0.2, 0) is 14.8 Å². The molecule has 3 aromatic rings. The summed E-state index contributed by atoms with van der Waals surface area (Å²) in [4.78, 5) is 15.7. The van der Waals surface area contributed by atoms with Gasteiger partial charge in [-0.05, 0) is 49.4 Å². The Kier molecular flexibility index (Phi) is 7.11. The molecule has 174 valence electrons. The minimum absolute atomic E-state index is 0.0579. The molecule has 1 aromatic carbocycles. The number of carbonyl (C=O) groups excluding carboxylic acids is 1. The SMILES string of the molecule is CCS(=O)(=O)N(C)C1CCN(C(=O)C=Cc2cn(-c3ccccc3)nc2-c2cccs2)CC1. The number of thiophene rings is 1. The van der Waals surface area contributed by atoms with Crippen LogP contribution in [0.3, 0.4) is 0 Å². The molecule has 1 aliphatic rings. The van der Waals surface area contributed by atoms with Crippen LogP contribution in [0, 0.1) is 0 Å². The van der Waals surface area contributed by atoms with Crippen LogP contribution in [0.5, 0.6) is 0 Å². The van der Waals surface area contributed by atoms with E-state index >= 15 is 0 Å². The minimum Gasteiger partial charge on any atom is -0.339 e. The summed E-state index contributed by atoms with van der Waals surface area (Å²) in [6, 6.07) is 13.8. The Morgan fingerprint density at radius 1 is 1.18 bits per heavy atom. The summed E-state index contributed by atoms with van der Waals surface area (Å²) >= 11 is 1.61. The molecule has 0 bridgehead atoms. The molecule has 3 heterocycles. The van der Waals surface area contributed by atoms with Crippen LogP contribution < -0.4 is 0 Å². The third-order valence-electron chi connectivity index (χ3n) is 6.02. The molecule has 0 spiro atoms. The van der Waals surface area contributed by atoms with Crippen molar-refractivity contribution in [1.29, 1.82) is 0 Å². The van der Waals surface area contributed by atoms with Gasteiger partial charge in [0, 0.05) is 44.0 Å². The lowest BCUT2D eigenvalue weighted by atomic mass is 10.1. The maximum absolute atomic E-state index is 12.9. The summed E-state index contributed by atoms with van der Waals surface area (Å²) in [5.74, 6) is 0.0216. The first-order chi connectivity index (χ1) is 15.9. The van der Waals surface area contributed by atoms with Crippen molar-refractivity contribution in [3.05, 3.63) is 65.7 Å². The van der Waals surface area contributed by atoms with Crippen molar-refractivity contribution < 1.29 is 13.2 Å². The van der Waals surface area contributed by atoms with Crippen LogP contribution in [0.4, 0.5) is 0 Å². The Labute approximate surface area is 199 Å². The van der Waals surface area contributed by atoms with Gasteiger partial charge in [0.2, 0.25) is 15.9 Å². The van der Waals surface area contributed by atoms with E-state index in [9.17, 15) is 13.2 Å². The first-order valence-electron chi connectivity index (χ1n) is 11.0. The maximum atomic E-state index is 12.9. The lowest BCUT2D eigenvalue weighted by molar-refractivity contribution is -0.127. The monoisotopic (exact) mass is 484 g/mol. The number of nitrogens with zero attached hydrogens (tertiary/aromatic N) is 4. The quantitative estimate of drug-likeness (QED) is 0.477. The minimum atomic E-state index is -3.22. The van der Waals surface area contributed by atoms with Gasteiger partial charge in [-0.2, -0.15) is 5.10 Å². The van der Waals surface area contributed by atoms with E-state index in [0.29, 0.717) is 25.9 Å². The molecule has 0 atom stereocenters. The van der Waals surface area contributed by atoms with Gasteiger partial charge in [-0.15, -0.1) is 11.3 Å². The van der Waals surface area contributed by atoms with E-state index in [1.165, 1.54) is 4.31 Å². The van der Waals surface area contributed by atoms with Gasteiger partial charge in [-0.3, -0.25) is 4.79 Å². The summed E-state index contributed by atoms with van der Waals surface area (Å²) in [5, 5.41) is 6.77. The van der Waals surface area contributed by atoms with Crippen molar-refractivity contribution in [2.75, 3.05) is 25.9 Å². The van der Waals surface area contributed by atoms with Gasteiger partial charge in [0.05, 0.1) is 16.3 Å². The number of piperidine rings is 1. The molecule has 1 aliphatic heterocycles. The Balaban J connectivity index is 1.48. The molecule has 7 nitrogen and oxygen atoms in total. The molecule has 1 saturated heterocycles. The standard InChI is InChI=1S/C24H28N4O3S2/c1-3-33(30,31)26(2)20-13-15-27(16-14-20)23(29)12-11-19-18-28(21-8-5-4-6-9-21)25-24(19)22-10-7-17-32-22/h4-12,17-18,20H,3,13-16H2,1-2H3. The zero-order chi connectivity index (χ0) is 23.4. The number of carbonyl (C=O) groups is 1. The van der Waals surface area contributed by atoms with Crippen molar-refractivity contribution in [1.82, 2.24) is 19.0 Å². The molecule has 0 saturated carbocycles. The normalized spacial score (nSPS) is 15.5. The van der Waals surface area contributed by atoms with E-state index < -0.39 is 10.0 Å². The van der Waals surface area contributed by atoms with Crippen LogP contribution in [0.15, 0.2) is 60.1 Å². The molecule has 33 heavy (non-hydrogen) atoms.